The van der Waals surface area contributed by atoms with Gasteiger partial charge in [-0.25, -0.2) is 0 Å². The first-order valence-electron chi connectivity index (χ1n) is 3.89. The van der Waals surface area contributed by atoms with Crippen molar-refractivity contribution in [1.82, 2.24) is 4.90 Å². The molecule has 0 aromatic carbocycles. The SMILES string of the molecule is C=CCN(CCO)C(=O)/C=C/C. The maximum Gasteiger partial charge on any atom is 0.246 e. The van der Waals surface area contributed by atoms with Crippen LogP contribution in [0.25, 0.3) is 0 Å². The van der Waals surface area contributed by atoms with Gasteiger partial charge in [-0.1, -0.05) is 12.2 Å². The topological polar surface area (TPSA) is 40.5 Å². The smallest absolute Gasteiger partial charge is 0.246 e. The quantitative estimate of drug-likeness (QED) is 0.483. The molecule has 1 N–H and O–H groups in total. The van der Waals surface area contributed by atoms with Gasteiger partial charge >= 0.3 is 0 Å². The van der Waals surface area contributed by atoms with Crippen LogP contribution in [0.4, 0.5) is 0 Å². The van der Waals surface area contributed by atoms with Gasteiger partial charge in [-0.3, -0.25) is 4.79 Å². The van der Waals surface area contributed by atoms with E-state index in [-0.39, 0.29) is 12.5 Å². The lowest BCUT2D eigenvalue weighted by molar-refractivity contribution is -0.126. The summed E-state index contributed by atoms with van der Waals surface area (Å²) in [5.41, 5.74) is 0. The van der Waals surface area contributed by atoms with Crippen molar-refractivity contribution in [1.29, 1.82) is 0 Å². The lowest BCUT2D eigenvalue weighted by Crippen LogP contribution is -2.32. The van der Waals surface area contributed by atoms with Crippen LogP contribution in [0.15, 0.2) is 24.8 Å². The summed E-state index contributed by atoms with van der Waals surface area (Å²) in [7, 11) is 0. The van der Waals surface area contributed by atoms with Crippen molar-refractivity contribution in [2.24, 2.45) is 0 Å². The number of carbonyl (C=O) groups is 1. The summed E-state index contributed by atoms with van der Waals surface area (Å²) < 4.78 is 0. The van der Waals surface area contributed by atoms with Gasteiger partial charge in [0.15, 0.2) is 0 Å². The van der Waals surface area contributed by atoms with E-state index in [9.17, 15) is 4.79 Å². The van der Waals surface area contributed by atoms with Crippen LogP contribution in [0.2, 0.25) is 0 Å². The number of rotatable bonds is 5. The fourth-order valence-corrected chi connectivity index (χ4v) is 0.816. The molecule has 0 saturated carbocycles. The number of carbonyl (C=O) groups excluding carboxylic acids is 1. The number of hydrogen-bond donors (Lipinski definition) is 1. The number of allylic oxidation sites excluding steroid dienone is 1. The van der Waals surface area contributed by atoms with E-state index in [2.05, 4.69) is 6.58 Å². The molecule has 0 atom stereocenters. The average molecular weight is 169 g/mol. The van der Waals surface area contributed by atoms with E-state index in [1.165, 1.54) is 11.0 Å². The first-order valence-corrected chi connectivity index (χ1v) is 3.89. The number of hydrogen-bond acceptors (Lipinski definition) is 2. The average Bonchev–Trinajstić information content (AvgIpc) is 2.04. The van der Waals surface area contributed by atoms with Gasteiger partial charge in [0.1, 0.15) is 0 Å². The van der Waals surface area contributed by atoms with E-state index < -0.39 is 0 Å². The molecule has 0 aromatic heterocycles. The van der Waals surface area contributed by atoms with E-state index in [1.807, 2.05) is 0 Å². The Hall–Kier alpha value is -1.09. The minimum absolute atomic E-state index is 0.0167. The Morgan fingerprint density at radius 3 is 2.75 bits per heavy atom. The summed E-state index contributed by atoms with van der Waals surface area (Å²) in [4.78, 5) is 12.7. The summed E-state index contributed by atoms with van der Waals surface area (Å²) in [6, 6.07) is 0. The molecule has 3 nitrogen and oxygen atoms in total. The van der Waals surface area contributed by atoms with E-state index in [0.717, 1.165) is 0 Å². The Balaban J connectivity index is 4.07. The van der Waals surface area contributed by atoms with Gasteiger partial charge in [0, 0.05) is 13.1 Å². The normalized spacial score (nSPS) is 10.2. The van der Waals surface area contributed by atoms with Crippen molar-refractivity contribution in [3.8, 4) is 0 Å². The molecule has 68 valence electrons. The van der Waals surface area contributed by atoms with Crippen molar-refractivity contribution in [3.05, 3.63) is 24.8 Å². The first kappa shape index (κ1) is 10.9. The summed E-state index contributed by atoms with van der Waals surface area (Å²) in [6.45, 7) is 6.12. The monoisotopic (exact) mass is 169 g/mol. The lowest BCUT2D eigenvalue weighted by Gasteiger charge is -2.17. The Labute approximate surface area is 73.0 Å². The molecule has 0 aliphatic carbocycles. The molecule has 0 fully saturated rings. The fourth-order valence-electron chi connectivity index (χ4n) is 0.816. The highest BCUT2D eigenvalue weighted by Crippen LogP contribution is 1.91. The first-order chi connectivity index (χ1) is 5.76. The Bertz CT molecular complexity index is 175. The van der Waals surface area contributed by atoms with Gasteiger partial charge in [-0.05, 0) is 13.0 Å². The molecule has 3 heteroatoms. The van der Waals surface area contributed by atoms with E-state index in [1.54, 1.807) is 19.1 Å². The molecule has 0 spiro atoms. The minimum Gasteiger partial charge on any atom is -0.395 e. The summed E-state index contributed by atoms with van der Waals surface area (Å²) in [5, 5.41) is 8.63. The molecule has 0 aromatic rings. The Morgan fingerprint density at radius 1 is 1.67 bits per heavy atom. The molecule has 0 rings (SSSR count). The molecular weight excluding hydrogens is 154 g/mol. The zero-order valence-corrected chi connectivity index (χ0v) is 7.36. The van der Waals surface area contributed by atoms with Gasteiger partial charge in [-0.2, -0.15) is 0 Å². The number of amides is 1. The molecule has 0 bridgehead atoms. The standard InChI is InChI=1S/C9H15NO2/c1-3-5-9(12)10(6-4-2)7-8-11/h3-5,11H,2,6-8H2,1H3/b5-3+. The zero-order chi connectivity index (χ0) is 9.40. The molecular formula is C9H15NO2. The van der Waals surface area contributed by atoms with E-state index >= 15 is 0 Å². The summed E-state index contributed by atoms with van der Waals surface area (Å²) >= 11 is 0. The van der Waals surface area contributed by atoms with Gasteiger partial charge in [-0.15, -0.1) is 6.58 Å². The Morgan fingerprint density at radius 2 is 2.33 bits per heavy atom. The summed E-state index contributed by atoms with van der Waals surface area (Å²) in [6.07, 6.45) is 4.78. The summed E-state index contributed by atoms with van der Waals surface area (Å²) in [5.74, 6) is -0.0912. The van der Waals surface area contributed by atoms with E-state index in [4.69, 9.17) is 5.11 Å². The van der Waals surface area contributed by atoms with Gasteiger partial charge < -0.3 is 10.0 Å². The van der Waals surface area contributed by atoms with Crippen LogP contribution in [-0.2, 0) is 4.79 Å². The molecule has 0 heterocycles. The maximum absolute atomic E-state index is 11.2. The Kier molecular flexibility index (Phi) is 6.01. The van der Waals surface area contributed by atoms with Gasteiger partial charge in [0.25, 0.3) is 0 Å². The van der Waals surface area contributed by atoms with Crippen LogP contribution < -0.4 is 0 Å². The van der Waals surface area contributed by atoms with Crippen LogP contribution in [0.3, 0.4) is 0 Å². The molecule has 0 aliphatic heterocycles. The molecule has 12 heavy (non-hydrogen) atoms. The third-order valence-corrected chi connectivity index (χ3v) is 1.34. The van der Waals surface area contributed by atoms with Crippen molar-refractivity contribution in [2.45, 2.75) is 6.92 Å². The van der Waals surface area contributed by atoms with Crippen molar-refractivity contribution in [2.75, 3.05) is 19.7 Å². The highest BCUT2D eigenvalue weighted by atomic mass is 16.3. The molecule has 0 aliphatic rings. The molecule has 0 radical (unpaired) electrons. The van der Waals surface area contributed by atoms with Crippen LogP contribution >= 0.6 is 0 Å². The lowest BCUT2D eigenvalue weighted by atomic mass is 10.4. The second-order valence-electron chi connectivity index (χ2n) is 2.30. The maximum atomic E-state index is 11.2. The second kappa shape index (κ2) is 6.61. The van der Waals surface area contributed by atoms with Gasteiger partial charge in [0.2, 0.25) is 5.91 Å². The van der Waals surface area contributed by atoms with Crippen LogP contribution in [0.5, 0.6) is 0 Å². The third-order valence-electron chi connectivity index (χ3n) is 1.34. The van der Waals surface area contributed by atoms with Crippen molar-refractivity contribution in [3.63, 3.8) is 0 Å². The van der Waals surface area contributed by atoms with Crippen LogP contribution in [0.1, 0.15) is 6.92 Å². The highest BCUT2D eigenvalue weighted by Gasteiger charge is 2.06. The zero-order valence-electron chi connectivity index (χ0n) is 7.36. The highest BCUT2D eigenvalue weighted by molar-refractivity contribution is 5.87. The third kappa shape index (κ3) is 3.93. The largest absolute Gasteiger partial charge is 0.395 e. The molecule has 1 amide bonds. The van der Waals surface area contributed by atoms with Crippen molar-refractivity contribution >= 4 is 5.91 Å². The number of aliphatic hydroxyl groups excluding tert-OH is 1. The second-order valence-corrected chi connectivity index (χ2v) is 2.30. The predicted molar refractivity (Wildman–Crippen MR) is 48.7 cm³/mol. The van der Waals surface area contributed by atoms with Crippen molar-refractivity contribution < 1.29 is 9.90 Å². The fraction of sp³-hybridized carbons (Fsp3) is 0.444. The number of nitrogens with zero attached hydrogens (tertiary/aromatic N) is 1. The van der Waals surface area contributed by atoms with Gasteiger partial charge in [0.05, 0.1) is 6.61 Å². The minimum atomic E-state index is -0.0912. The number of aliphatic hydroxyl groups is 1. The molecule has 0 saturated heterocycles. The van der Waals surface area contributed by atoms with E-state index in [0.29, 0.717) is 13.1 Å². The van der Waals surface area contributed by atoms with Crippen LogP contribution in [-0.4, -0.2) is 35.6 Å². The predicted octanol–water partition coefficient (Wildman–Crippen LogP) is 0.569. The molecule has 0 unspecified atom stereocenters. The van der Waals surface area contributed by atoms with Crippen LogP contribution in [0, 0.1) is 0 Å².